The fourth-order valence-electron chi connectivity index (χ4n) is 1.82. The van der Waals surface area contributed by atoms with Crippen LogP contribution < -0.4 is 4.74 Å². The van der Waals surface area contributed by atoms with Gasteiger partial charge in [-0.2, -0.15) is 0 Å². The Hall–Kier alpha value is -1.84. The molecule has 0 amide bonds. The lowest BCUT2D eigenvalue weighted by atomic mass is 9.96. The number of para-hydroxylation sites is 1. The normalized spacial score (nSPS) is 16.7. The average molecular weight is 234 g/mol. The summed E-state index contributed by atoms with van der Waals surface area (Å²) < 4.78 is 9.98. The highest BCUT2D eigenvalue weighted by molar-refractivity contribution is 5.88. The molecule has 0 atom stereocenters. The van der Waals surface area contributed by atoms with Crippen molar-refractivity contribution in [3.63, 3.8) is 0 Å². The molecule has 2 rings (SSSR count). The van der Waals surface area contributed by atoms with E-state index in [9.17, 15) is 9.59 Å². The van der Waals surface area contributed by atoms with Crippen molar-refractivity contribution in [2.45, 2.75) is 19.3 Å². The van der Waals surface area contributed by atoms with E-state index in [-0.39, 0.29) is 5.92 Å². The molecule has 0 spiro atoms. The molecule has 4 nitrogen and oxygen atoms in total. The van der Waals surface area contributed by atoms with Gasteiger partial charge < -0.3 is 9.47 Å². The Morgan fingerprint density at radius 3 is 2.41 bits per heavy atom. The SMILES string of the molecule is O=C1CC(CCOc2ccccc2)CC(=O)O1. The van der Waals surface area contributed by atoms with Crippen LogP contribution in [-0.4, -0.2) is 18.5 Å². The molecule has 1 fully saturated rings. The molecule has 1 aliphatic rings. The van der Waals surface area contributed by atoms with Gasteiger partial charge in [0.25, 0.3) is 0 Å². The second-order valence-corrected chi connectivity index (χ2v) is 4.07. The van der Waals surface area contributed by atoms with Crippen molar-refractivity contribution in [1.82, 2.24) is 0 Å². The smallest absolute Gasteiger partial charge is 0.313 e. The minimum Gasteiger partial charge on any atom is -0.494 e. The Balaban J connectivity index is 1.75. The first-order valence-electron chi connectivity index (χ1n) is 5.65. The first kappa shape index (κ1) is 11.6. The highest BCUT2D eigenvalue weighted by atomic mass is 16.6. The van der Waals surface area contributed by atoms with Gasteiger partial charge in [0.1, 0.15) is 5.75 Å². The zero-order valence-electron chi connectivity index (χ0n) is 9.43. The van der Waals surface area contributed by atoms with E-state index in [1.165, 1.54) is 0 Å². The van der Waals surface area contributed by atoms with E-state index in [0.717, 1.165) is 5.75 Å². The van der Waals surface area contributed by atoms with Gasteiger partial charge in [-0.05, 0) is 24.5 Å². The van der Waals surface area contributed by atoms with Crippen LogP contribution in [0.25, 0.3) is 0 Å². The van der Waals surface area contributed by atoms with Crippen molar-refractivity contribution in [2.24, 2.45) is 5.92 Å². The molecule has 1 aromatic carbocycles. The van der Waals surface area contributed by atoms with Gasteiger partial charge in [0.15, 0.2) is 0 Å². The van der Waals surface area contributed by atoms with Crippen LogP contribution in [0.5, 0.6) is 5.75 Å². The summed E-state index contributed by atoms with van der Waals surface area (Å²) in [6.45, 7) is 0.509. The Morgan fingerprint density at radius 2 is 1.76 bits per heavy atom. The maximum Gasteiger partial charge on any atom is 0.313 e. The summed E-state index contributed by atoms with van der Waals surface area (Å²) in [7, 11) is 0. The minimum absolute atomic E-state index is 0.0486. The number of ether oxygens (including phenoxy) is 2. The molecule has 1 heterocycles. The molecule has 0 bridgehead atoms. The number of carbonyl (C=O) groups is 2. The van der Waals surface area contributed by atoms with Gasteiger partial charge in [-0.1, -0.05) is 18.2 Å². The summed E-state index contributed by atoms with van der Waals surface area (Å²) in [6.07, 6.45) is 1.31. The van der Waals surface area contributed by atoms with Crippen molar-refractivity contribution in [1.29, 1.82) is 0 Å². The molecule has 0 aromatic heterocycles. The van der Waals surface area contributed by atoms with Gasteiger partial charge in [-0.25, -0.2) is 0 Å². The van der Waals surface area contributed by atoms with Crippen LogP contribution >= 0.6 is 0 Å². The van der Waals surface area contributed by atoms with E-state index in [2.05, 4.69) is 4.74 Å². The van der Waals surface area contributed by atoms with Gasteiger partial charge in [-0.15, -0.1) is 0 Å². The van der Waals surface area contributed by atoms with Crippen molar-refractivity contribution < 1.29 is 19.1 Å². The molecule has 0 saturated carbocycles. The number of esters is 2. The standard InChI is InChI=1S/C13H14O4/c14-12-8-10(9-13(15)17-12)6-7-16-11-4-2-1-3-5-11/h1-5,10H,6-9H2. The van der Waals surface area contributed by atoms with Crippen molar-refractivity contribution in [3.8, 4) is 5.75 Å². The third kappa shape index (κ3) is 3.59. The van der Waals surface area contributed by atoms with Crippen LogP contribution in [0.4, 0.5) is 0 Å². The molecule has 1 aliphatic heterocycles. The first-order chi connectivity index (χ1) is 8.24. The average Bonchev–Trinajstić information content (AvgIpc) is 2.29. The van der Waals surface area contributed by atoms with Crippen molar-refractivity contribution in [2.75, 3.05) is 6.61 Å². The van der Waals surface area contributed by atoms with Gasteiger partial charge in [0.05, 0.1) is 6.61 Å². The molecular weight excluding hydrogens is 220 g/mol. The maximum atomic E-state index is 11.0. The van der Waals surface area contributed by atoms with E-state index in [0.29, 0.717) is 25.9 Å². The third-order valence-corrected chi connectivity index (χ3v) is 2.68. The molecule has 0 aliphatic carbocycles. The van der Waals surface area contributed by atoms with E-state index in [1.54, 1.807) is 0 Å². The Kier molecular flexibility index (Phi) is 3.75. The maximum absolute atomic E-state index is 11.0. The van der Waals surface area contributed by atoms with Crippen LogP contribution in [-0.2, 0) is 14.3 Å². The second kappa shape index (κ2) is 5.48. The summed E-state index contributed by atoms with van der Waals surface area (Å²) in [5.41, 5.74) is 0. The van der Waals surface area contributed by atoms with Crippen LogP contribution in [0.2, 0.25) is 0 Å². The van der Waals surface area contributed by atoms with E-state index in [4.69, 9.17) is 4.74 Å². The molecule has 4 heteroatoms. The van der Waals surface area contributed by atoms with Crippen LogP contribution in [0.3, 0.4) is 0 Å². The number of cyclic esters (lactones) is 2. The van der Waals surface area contributed by atoms with Crippen LogP contribution in [0.1, 0.15) is 19.3 Å². The second-order valence-electron chi connectivity index (χ2n) is 4.07. The van der Waals surface area contributed by atoms with E-state index >= 15 is 0 Å². The topological polar surface area (TPSA) is 52.6 Å². The highest BCUT2D eigenvalue weighted by Gasteiger charge is 2.26. The third-order valence-electron chi connectivity index (χ3n) is 2.68. The number of carbonyl (C=O) groups excluding carboxylic acids is 2. The summed E-state index contributed by atoms with van der Waals surface area (Å²) in [4.78, 5) is 22.1. The van der Waals surface area contributed by atoms with Gasteiger partial charge >= 0.3 is 11.9 Å². The fourth-order valence-corrected chi connectivity index (χ4v) is 1.82. The summed E-state index contributed by atoms with van der Waals surface area (Å²) in [6, 6.07) is 9.47. The monoisotopic (exact) mass is 234 g/mol. The largest absolute Gasteiger partial charge is 0.494 e. The van der Waals surface area contributed by atoms with Gasteiger partial charge in [0, 0.05) is 12.8 Å². The number of hydrogen-bond acceptors (Lipinski definition) is 4. The summed E-state index contributed by atoms with van der Waals surface area (Å²) in [5.74, 6) is 0.00148. The number of benzene rings is 1. The Labute approximate surface area is 99.5 Å². The predicted molar refractivity (Wildman–Crippen MR) is 60.4 cm³/mol. The Morgan fingerprint density at radius 1 is 1.12 bits per heavy atom. The highest BCUT2D eigenvalue weighted by Crippen LogP contribution is 2.21. The Bertz CT molecular complexity index is 383. The molecule has 1 saturated heterocycles. The van der Waals surface area contributed by atoms with E-state index < -0.39 is 11.9 Å². The number of rotatable bonds is 4. The lowest BCUT2D eigenvalue weighted by Gasteiger charge is -2.19. The van der Waals surface area contributed by atoms with Crippen molar-refractivity contribution in [3.05, 3.63) is 30.3 Å². The van der Waals surface area contributed by atoms with Gasteiger partial charge in [0.2, 0.25) is 0 Å². The lowest BCUT2D eigenvalue weighted by molar-refractivity contribution is -0.165. The molecule has 0 N–H and O–H groups in total. The molecule has 1 aromatic rings. The quantitative estimate of drug-likeness (QED) is 0.590. The predicted octanol–water partition coefficient (Wildman–Crippen LogP) is 1.94. The van der Waals surface area contributed by atoms with Crippen LogP contribution in [0, 0.1) is 5.92 Å². The zero-order chi connectivity index (χ0) is 12.1. The fraction of sp³-hybridized carbons (Fsp3) is 0.385. The molecule has 0 unspecified atom stereocenters. The van der Waals surface area contributed by atoms with E-state index in [1.807, 2.05) is 30.3 Å². The minimum atomic E-state index is -0.425. The van der Waals surface area contributed by atoms with Crippen molar-refractivity contribution >= 4 is 11.9 Å². The summed E-state index contributed by atoms with van der Waals surface area (Å²) in [5, 5.41) is 0. The molecule has 90 valence electrons. The number of hydrogen-bond donors (Lipinski definition) is 0. The first-order valence-corrected chi connectivity index (χ1v) is 5.65. The molecule has 0 radical (unpaired) electrons. The summed E-state index contributed by atoms with van der Waals surface area (Å²) >= 11 is 0. The van der Waals surface area contributed by atoms with Crippen LogP contribution in [0.15, 0.2) is 30.3 Å². The molecular formula is C13H14O4. The molecule has 17 heavy (non-hydrogen) atoms. The zero-order valence-corrected chi connectivity index (χ0v) is 9.43. The van der Waals surface area contributed by atoms with Gasteiger partial charge in [-0.3, -0.25) is 9.59 Å². The lowest BCUT2D eigenvalue weighted by Crippen LogP contribution is -2.26.